The molecule has 0 saturated carbocycles. The first-order valence-corrected chi connectivity index (χ1v) is 11.5. The highest BCUT2D eigenvalue weighted by Gasteiger charge is 2.15. The maximum atomic E-state index is 12.7. The molecule has 3 N–H and O–H groups in total. The number of hydrogen-bond acceptors (Lipinski definition) is 8. The fourth-order valence-corrected chi connectivity index (χ4v) is 4.27. The minimum atomic E-state index is -3.85. The van der Waals surface area contributed by atoms with Crippen LogP contribution in [-0.4, -0.2) is 36.6 Å². The summed E-state index contributed by atoms with van der Waals surface area (Å²) in [6, 6.07) is 14.8. The second kappa shape index (κ2) is 9.48. The molecule has 2 aromatic heterocycles. The lowest BCUT2D eigenvalue weighted by Crippen LogP contribution is -2.13. The van der Waals surface area contributed by atoms with Gasteiger partial charge in [-0.25, -0.2) is 13.4 Å². The standard InChI is InChI=1S/C24H19N7O2S/c1-27-12-19(11-26)24-15-29-22-7-4-17(9-23(22)30-24)18-8-20(14-28-13-18)31-34(32,33)21-5-2-16(10-25)3-6-21/h2-9,11-15,31H,26H2,1H3. The number of nitrogens with zero attached hydrogens (tertiary/aromatic N) is 5. The second-order valence-corrected chi connectivity index (χ2v) is 8.85. The molecule has 0 aliphatic rings. The van der Waals surface area contributed by atoms with E-state index in [-0.39, 0.29) is 4.90 Å². The fourth-order valence-electron chi connectivity index (χ4n) is 3.24. The van der Waals surface area contributed by atoms with E-state index in [0.29, 0.717) is 39.1 Å². The van der Waals surface area contributed by atoms with Crippen LogP contribution >= 0.6 is 0 Å². The largest absolute Gasteiger partial charge is 0.404 e. The van der Waals surface area contributed by atoms with Crippen molar-refractivity contribution in [1.29, 1.82) is 5.26 Å². The monoisotopic (exact) mass is 469 g/mol. The summed E-state index contributed by atoms with van der Waals surface area (Å²) in [5.41, 5.74) is 10.4. The van der Waals surface area contributed by atoms with Gasteiger partial charge in [0.05, 0.1) is 51.3 Å². The Bertz CT molecular complexity index is 1570. The number of nitriles is 1. The number of aromatic nitrogens is 3. The Kier molecular flexibility index (Phi) is 6.29. The van der Waals surface area contributed by atoms with Crippen LogP contribution in [0.3, 0.4) is 0 Å². The van der Waals surface area contributed by atoms with Crippen LogP contribution in [0, 0.1) is 11.3 Å². The van der Waals surface area contributed by atoms with Gasteiger partial charge in [0.15, 0.2) is 0 Å². The first-order valence-electron chi connectivity index (χ1n) is 10.0. The molecular weight excluding hydrogens is 450 g/mol. The summed E-state index contributed by atoms with van der Waals surface area (Å²) in [7, 11) is -2.20. The average Bonchev–Trinajstić information content (AvgIpc) is 2.86. The summed E-state index contributed by atoms with van der Waals surface area (Å²) in [6.45, 7) is 0. The van der Waals surface area contributed by atoms with Gasteiger partial charge in [0.2, 0.25) is 0 Å². The van der Waals surface area contributed by atoms with Gasteiger partial charge in [-0.05, 0) is 48.0 Å². The molecule has 0 bridgehead atoms. The Hall–Kier alpha value is -4.62. The van der Waals surface area contributed by atoms with E-state index in [1.165, 1.54) is 36.7 Å². The van der Waals surface area contributed by atoms with E-state index in [4.69, 9.17) is 11.0 Å². The molecule has 0 aliphatic carbocycles. The quantitative estimate of drug-likeness (QED) is 0.411. The molecule has 0 spiro atoms. The summed E-state index contributed by atoms with van der Waals surface area (Å²) in [4.78, 5) is 17.3. The molecular formula is C24H19N7O2S. The van der Waals surface area contributed by atoms with Gasteiger partial charge in [0, 0.05) is 36.8 Å². The third kappa shape index (κ3) is 4.74. The van der Waals surface area contributed by atoms with Crippen molar-refractivity contribution in [2.75, 3.05) is 11.8 Å². The Morgan fingerprint density at radius 2 is 1.85 bits per heavy atom. The van der Waals surface area contributed by atoms with Crippen molar-refractivity contribution in [3.05, 3.63) is 84.6 Å². The highest BCUT2D eigenvalue weighted by molar-refractivity contribution is 7.92. The van der Waals surface area contributed by atoms with E-state index in [9.17, 15) is 8.42 Å². The molecule has 0 unspecified atom stereocenters. The summed E-state index contributed by atoms with van der Waals surface area (Å²) < 4.78 is 28.0. The summed E-state index contributed by atoms with van der Waals surface area (Å²) >= 11 is 0. The number of benzene rings is 2. The molecule has 9 nitrogen and oxygen atoms in total. The molecule has 0 radical (unpaired) electrons. The number of allylic oxidation sites excluding steroid dienone is 1. The molecule has 4 aromatic rings. The maximum absolute atomic E-state index is 12.7. The summed E-state index contributed by atoms with van der Waals surface area (Å²) in [6.07, 6.45) is 7.70. The normalized spacial score (nSPS) is 12.1. The molecule has 0 saturated heterocycles. The number of aliphatic imine (C=N–C) groups is 1. The van der Waals surface area contributed by atoms with Crippen LogP contribution in [0.5, 0.6) is 0 Å². The summed E-state index contributed by atoms with van der Waals surface area (Å²) in [5, 5.41) is 8.90. The third-order valence-corrected chi connectivity index (χ3v) is 6.30. The van der Waals surface area contributed by atoms with Crippen molar-refractivity contribution >= 4 is 38.5 Å². The predicted octanol–water partition coefficient (Wildman–Crippen LogP) is 3.36. The molecule has 168 valence electrons. The number of hydrogen-bond donors (Lipinski definition) is 2. The van der Waals surface area contributed by atoms with Gasteiger partial charge < -0.3 is 5.73 Å². The zero-order chi connectivity index (χ0) is 24.1. The summed E-state index contributed by atoms with van der Waals surface area (Å²) in [5.74, 6) is 0. The van der Waals surface area contributed by atoms with Crippen LogP contribution in [-0.2, 0) is 10.0 Å². The molecule has 10 heteroatoms. The van der Waals surface area contributed by atoms with Crippen LogP contribution in [0.2, 0.25) is 0 Å². The lowest BCUT2D eigenvalue weighted by atomic mass is 10.1. The van der Waals surface area contributed by atoms with Crippen molar-refractivity contribution in [3.8, 4) is 17.2 Å². The van der Waals surface area contributed by atoms with E-state index < -0.39 is 10.0 Å². The molecule has 0 aliphatic heterocycles. The van der Waals surface area contributed by atoms with Gasteiger partial charge in [0.1, 0.15) is 0 Å². The van der Waals surface area contributed by atoms with E-state index in [0.717, 1.165) is 5.56 Å². The van der Waals surface area contributed by atoms with E-state index in [1.807, 2.05) is 24.3 Å². The number of anilines is 1. The fraction of sp³-hybridized carbons (Fsp3) is 0.0417. The topological polar surface area (TPSA) is 147 Å². The first-order chi connectivity index (χ1) is 16.4. The van der Waals surface area contributed by atoms with Gasteiger partial charge in [-0.15, -0.1) is 0 Å². The van der Waals surface area contributed by atoms with Gasteiger partial charge in [0.25, 0.3) is 10.0 Å². The van der Waals surface area contributed by atoms with E-state index in [2.05, 4.69) is 24.7 Å². The lowest BCUT2D eigenvalue weighted by molar-refractivity contribution is 0.601. The Balaban J connectivity index is 1.66. The zero-order valence-electron chi connectivity index (χ0n) is 18.0. The third-order valence-electron chi connectivity index (χ3n) is 4.90. The molecule has 0 fully saturated rings. The second-order valence-electron chi connectivity index (χ2n) is 7.17. The maximum Gasteiger partial charge on any atom is 0.261 e. The number of rotatable bonds is 6. The minimum absolute atomic E-state index is 0.0461. The number of nitrogens with one attached hydrogen (secondary N) is 1. The van der Waals surface area contributed by atoms with Crippen LogP contribution in [0.15, 0.2) is 83.2 Å². The van der Waals surface area contributed by atoms with Crippen molar-refractivity contribution < 1.29 is 8.42 Å². The smallest absolute Gasteiger partial charge is 0.261 e. The predicted molar refractivity (Wildman–Crippen MR) is 131 cm³/mol. The highest BCUT2D eigenvalue weighted by atomic mass is 32.2. The van der Waals surface area contributed by atoms with Gasteiger partial charge in [-0.2, -0.15) is 5.26 Å². The number of sulfonamides is 1. The van der Waals surface area contributed by atoms with Gasteiger partial charge >= 0.3 is 0 Å². The SMILES string of the molecule is CN=CC(=CN)c1cnc2ccc(-c3cncc(NS(=O)(=O)c4ccc(C#N)cc4)c3)cc2n1. The molecule has 34 heavy (non-hydrogen) atoms. The number of fused-ring (bicyclic) bond motifs is 1. The first kappa shape index (κ1) is 22.6. The molecule has 0 atom stereocenters. The van der Waals surface area contributed by atoms with E-state index >= 15 is 0 Å². The van der Waals surface area contributed by atoms with Crippen molar-refractivity contribution in [3.63, 3.8) is 0 Å². The molecule has 0 amide bonds. The van der Waals surface area contributed by atoms with Crippen LogP contribution < -0.4 is 10.5 Å². The zero-order valence-corrected chi connectivity index (χ0v) is 18.9. The molecule has 2 heterocycles. The van der Waals surface area contributed by atoms with Crippen LogP contribution in [0.4, 0.5) is 5.69 Å². The van der Waals surface area contributed by atoms with Gasteiger partial charge in [-0.1, -0.05) is 6.07 Å². The lowest BCUT2D eigenvalue weighted by Gasteiger charge is -2.10. The average molecular weight is 470 g/mol. The Morgan fingerprint density at radius 1 is 1.06 bits per heavy atom. The number of nitrogens with two attached hydrogens (primary N) is 1. The van der Waals surface area contributed by atoms with Crippen molar-refractivity contribution in [1.82, 2.24) is 15.0 Å². The molecule has 4 rings (SSSR count). The van der Waals surface area contributed by atoms with E-state index in [1.54, 1.807) is 31.7 Å². The van der Waals surface area contributed by atoms with Crippen LogP contribution in [0.1, 0.15) is 11.3 Å². The van der Waals surface area contributed by atoms with Gasteiger partial charge in [-0.3, -0.25) is 19.7 Å². The van der Waals surface area contributed by atoms with Crippen LogP contribution in [0.25, 0.3) is 27.7 Å². The minimum Gasteiger partial charge on any atom is -0.404 e. The highest BCUT2D eigenvalue weighted by Crippen LogP contribution is 2.26. The van der Waals surface area contributed by atoms with Crippen molar-refractivity contribution in [2.45, 2.75) is 4.90 Å². The Labute approximate surface area is 196 Å². The molecule has 2 aromatic carbocycles. The van der Waals surface area contributed by atoms with Crippen molar-refractivity contribution in [2.24, 2.45) is 10.7 Å². The number of pyridine rings is 1. The Morgan fingerprint density at radius 3 is 2.56 bits per heavy atom.